The van der Waals surface area contributed by atoms with Gasteiger partial charge in [-0.05, 0) is 35.5 Å². The number of nitrogens with zero attached hydrogens (tertiary/aromatic N) is 1. The van der Waals surface area contributed by atoms with Crippen molar-refractivity contribution >= 4 is 11.9 Å². The largest absolute Gasteiger partial charge is 0.369 e. The SMILES string of the molecule is CC(C)(C)c1ccc(C=C2C(=O)C3CCN2CC3)cc1. The van der Waals surface area contributed by atoms with Gasteiger partial charge in [-0.2, -0.15) is 0 Å². The summed E-state index contributed by atoms with van der Waals surface area (Å²) in [6.45, 7) is 8.74. The lowest BCUT2D eigenvalue weighted by atomic mass is 9.84. The molecule has 1 aromatic rings. The average Bonchev–Trinajstić information content (AvgIpc) is 2.43. The number of ketones is 1. The molecule has 106 valence electrons. The first-order valence-corrected chi connectivity index (χ1v) is 7.56. The summed E-state index contributed by atoms with van der Waals surface area (Å²) in [5.41, 5.74) is 3.57. The van der Waals surface area contributed by atoms with Crippen LogP contribution >= 0.6 is 0 Å². The lowest BCUT2D eigenvalue weighted by Gasteiger charge is -2.41. The molecular formula is C18H23NO. The molecule has 3 fully saturated rings. The average molecular weight is 269 g/mol. The first-order chi connectivity index (χ1) is 9.45. The summed E-state index contributed by atoms with van der Waals surface area (Å²) in [7, 11) is 0. The van der Waals surface area contributed by atoms with E-state index in [4.69, 9.17) is 0 Å². The molecule has 3 aliphatic rings. The number of carbonyl (C=O) groups excluding carboxylic acids is 1. The van der Waals surface area contributed by atoms with Crippen LogP contribution in [0.25, 0.3) is 6.08 Å². The van der Waals surface area contributed by atoms with Crippen molar-refractivity contribution in [2.75, 3.05) is 13.1 Å². The Morgan fingerprint density at radius 2 is 1.70 bits per heavy atom. The molecule has 0 aliphatic carbocycles. The van der Waals surface area contributed by atoms with Crippen LogP contribution in [-0.4, -0.2) is 23.8 Å². The van der Waals surface area contributed by atoms with Gasteiger partial charge >= 0.3 is 0 Å². The zero-order valence-corrected chi connectivity index (χ0v) is 12.6. The zero-order chi connectivity index (χ0) is 14.3. The van der Waals surface area contributed by atoms with Gasteiger partial charge in [0, 0.05) is 19.0 Å². The van der Waals surface area contributed by atoms with E-state index in [1.165, 1.54) is 5.56 Å². The first-order valence-electron chi connectivity index (χ1n) is 7.56. The fourth-order valence-corrected chi connectivity index (χ4v) is 3.15. The van der Waals surface area contributed by atoms with Gasteiger partial charge < -0.3 is 4.90 Å². The number of hydrogen-bond acceptors (Lipinski definition) is 2. The highest BCUT2D eigenvalue weighted by molar-refractivity contribution is 6.01. The van der Waals surface area contributed by atoms with Crippen molar-refractivity contribution in [1.82, 2.24) is 4.90 Å². The van der Waals surface area contributed by atoms with Crippen molar-refractivity contribution in [3.05, 3.63) is 41.1 Å². The smallest absolute Gasteiger partial charge is 0.182 e. The van der Waals surface area contributed by atoms with E-state index in [0.717, 1.165) is 37.2 Å². The van der Waals surface area contributed by atoms with E-state index in [2.05, 4.69) is 56.0 Å². The van der Waals surface area contributed by atoms with Crippen molar-refractivity contribution in [2.24, 2.45) is 5.92 Å². The highest BCUT2D eigenvalue weighted by Gasteiger charge is 2.36. The van der Waals surface area contributed by atoms with Crippen molar-refractivity contribution < 1.29 is 4.79 Å². The van der Waals surface area contributed by atoms with Crippen LogP contribution < -0.4 is 0 Å². The molecule has 0 N–H and O–H groups in total. The molecule has 0 radical (unpaired) electrons. The third-order valence-corrected chi connectivity index (χ3v) is 4.54. The molecule has 0 unspecified atom stereocenters. The predicted molar refractivity (Wildman–Crippen MR) is 82.4 cm³/mol. The van der Waals surface area contributed by atoms with Crippen LogP contribution in [0.4, 0.5) is 0 Å². The summed E-state index contributed by atoms with van der Waals surface area (Å²) in [5.74, 6) is 0.627. The van der Waals surface area contributed by atoms with Gasteiger partial charge in [-0.25, -0.2) is 0 Å². The molecule has 2 heteroatoms. The number of hydrogen-bond donors (Lipinski definition) is 0. The summed E-state index contributed by atoms with van der Waals surface area (Å²) < 4.78 is 0. The van der Waals surface area contributed by atoms with Gasteiger partial charge in [0.25, 0.3) is 0 Å². The van der Waals surface area contributed by atoms with Crippen LogP contribution in [0.15, 0.2) is 30.0 Å². The van der Waals surface area contributed by atoms with E-state index >= 15 is 0 Å². The Kier molecular flexibility index (Phi) is 3.19. The van der Waals surface area contributed by atoms with Gasteiger partial charge in [0.15, 0.2) is 5.78 Å². The summed E-state index contributed by atoms with van der Waals surface area (Å²) in [6, 6.07) is 8.61. The second kappa shape index (κ2) is 4.76. The standard InChI is InChI=1S/C18H23NO/c1-18(2,3)15-6-4-13(5-7-15)12-16-17(20)14-8-10-19(16)11-9-14/h4-7,12,14H,8-11H2,1-3H3. The number of benzene rings is 1. The molecule has 0 atom stereocenters. The van der Waals surface area contributed by atoms with Crippen LogP contribution in [0.1, 0.15) is 44.7 Å². The molecular weight excluding hydrogens is 246 g/mol. The molecule has 3 heterocycles. The van der Waals surface area contributed by atoms with Gasteiger partial charge in [-0.3, -0.25) is 4.79 Å². The van der Waals surface area contributed by atoms with E-state index in [1.54, 1.807) is 0 Å². The van der Waals surface area contributed by atoms with E-state index in [1.807, 2.05) is 0 Å². The molecule has 0 amide bonds. The maximum Gasteiger partial charge on any atom is 0.182 e. The molecule has 2 bridgehead atoms. The number of fused-ring (bicyclic) bond motifs is 3. The van der Waals surface area contributed by atoms with Gasteiger partial charge in [0.2, 0.25) is 0 Å². The summed E-state index contributed by atoms with van der Waals surface area (Å²) in [6.07, 6.45) is 4.15. The fraction of sp³-hybridized carbons (Fsp3) is 0.500. The quantitative estimate of drug-likeness (QED) is 0.726. The van der Waals surface area contributed by atoms with Crippen LogP contribution in [0.2, 0.25) is 0 Å². The van der Waals surface area contributed by atoms with Gasteiger partial charge in [-0.15, -0.1) is 0 Å². The summed E-state index contributed by atoms with van der Waals surface area (Å²) in [4.78, 5) is 14.6. The van der Waals surface area contributed by atoms with E-state index in [9.17, 15) is 4.79 Å². The molecule has 0 saturated carbocycles. The number of Topliss-reactive ketones (excluding diaryl/α,β-unsaturated/α-hetero) is 1. The molecule has 20 heavy (non-hydrogen) atoms. The minimum Gasteiger partial charge on any atom is -0.369 e. The van der Waals surface area contributed by atoms with Gasteiger partial charge in [0.1, 0.15) is 0 Å². The van der Waals surface area contributed by atoms with Crippen LogP contribution in [0.3, 0.4) is 0 Å². The second-order valence-electron chi connectivity index (χ2n) is 7.03. The van der Waals surface area contributed by atoms with Crippen LogP contribution in [0, 0.1) is 5.92 Å². The Morgan fingerprint density at radius 1 is 1.10 bits per heavy atom. The molecule has 4 rings (SSSR count). The molecule has 0 aromatic heterocycles. The minimum atomic E-state index is 0.175. The lowest BCUT2D eigenvalue weighted by Crippen LogP contribution is -2.45. The topological polar surface area (TPSA) is 20.3 Å². The van der Waals surface area contributed by atoms with Crippen molar-refractivity contribution in [2.45, 2.75) is 39.0 Å². The Balaban J connectivity index is 1.87. The van der Waals surface area contributed by atoms with Gasteiger partial charge in [0.05, 0.1) is 5.70 Å². The van der Waals surface area contributed by atoms with Crippen LogP contribution in [0.5, 0.6) is 0 Å². The van der Waals surface area contributed by atoms with Crippen molar-refractivity contribution in [1.29, 1.82) is 0 Å². The normalized spacial score (nSPS) is 21.9. The number of carbonyl (C=O) groups is 1. The Labute approximate surface area is 121 Å². The zero-order valence-electron chi connectivity index (χ0n) is 12.6. The number of rotatable bonds is 1. The maximum absolute atomic E-state index is 12.3. The fourth-order valence-electron chi connectivity index (χ4n) is 3.15. The predicted octanol–water partition coefficient (Wildman–Crippen LogP) is 3.62. The maximum atomic E-state index is 12.3. The van der Waals surface area contributed by atoms with E-state index < -0.39 is 0 Å². The third kappa shape index (κ3) is 2.39. The molecule has 3 aliphatic heterocycles. The molecule has 0 spiro atoms. The molecule has 1 aromatic carbocycles. The Bertz CT molecular complexity index is 540. The molecule has 2 nitrogen and oxygen atoms in total. The highest BCUT2D eigenvalue weighted by Crippen LogP contribution is 2.32. The van der Waals surface area contributed by atoms with Crippen molar-refractivity contribution in [3.8, 4) is 0 Å². The lowest BCUT2D eigenvalue weighted by molar-refractivity contribution is -0.125. The van der Waals surface area contributed by atoms with Crippen molar-refractivity contribution in [3.63, 3.8) is 0 Å². The first kappa shape index (κ1) is 13.4. The summed E-state index contributed by atoms with van der Waals surface area (Å²) >= 11 is 0. The van der Waals surface area contributed by atoms with E-state index in [0.29, 0.717) is 5.78 Å². The van der Waals surface area contributed by atoms with Crippen LogP contribution in [-0.2, 0) is 10.2 Å². The monoisotopic (exact) mass is 269 g/mol. The number of piperidine rings is 3. The third-order valence-electron chi connectivity index (χ3n) is 4.54. The number of allylic oxidation sites excluding steroid dienone is 1. The minimum absolute atomic E-state index is 0.175. The second-order valence-corrected chi connectivity index (χ2v) is 7.03. The Hall–Kier alpha value is -1.57. The van der Waals surface area contributed by atoms with E-state index in [-0.39, 0.29) is 11.3 Å². The van der Waals surface area contributed by atoms with Gasteiger partial charge in [-0.1, -0.05) is 45.0 Å². The molecule has 3 saturated heterocycles. The summed E-state index contributed by atoms with van der Waals surface area (Å²) in [5, 5.41) is 0. The highest BCUT2D eigenvalue weighted by atomic mass is 16.1. The Morgan fingerprint density at radius 3 is 2.20 bits per heavy atom.